The van der Waals surface area contributed by atoms with Crippen molar-refractivity contribution in [3.8, 4) is 22.9 Å². The third-order valence-corrected chi connectivity index (χ3v) is 6.19. The number of nitrogens with one attached hydrogen (secondary N) is 1. The van der Waals surface area contributed by atoms with Gasteiger partial charge in [0.05, 0.1) is 11.8 Å². The number of hydrogen-bond donors (Lipinski definition) is 1. The topological polar surface area (TPSA) is 82.2 Å². The molecule has 0 unspecified atom stereocenters. The largest absolute Gasteiger partial charge is 0.381 e. The summed E-state index contributed by atoms with van der Waals surface area (Å²) in [5.74, 6) is 2.05. The first-order valence-electron chi connectivity index (χ1n) is 9.91. The predicted octanol–water partition coefficient (Wildman–Crippen LogP) is 3.93. The van der Waals surface area contributed by atoms with Crippen LogP contribution < -0.4 is 5.32 Å². The van der Waals surface area contributed by atoms with Crippen molar-refractivity contribution < 1.29 is 4.74 Å². The predicted molar refractivity (Wildman–Crippen MR) is 118 cm³/mol. The highest BCUT2D eigenvalue weighted by atomic mass is 79.9. The van der Waals surface area contributed by atoms with Gasteiger partial charge in [-0.05, 0) is 47.3 Å². The van der Waals surface area contributed by atoms with Gasteiger partial charge in [-0.1, -0.05) is 6.07 Å². The van der Waals surface area contributed by atoms with E-state index in [2.05, 4.69) is 31.2 Å². The number of halogens is 1. The highest BCUT2D eigenvalue weighted by Crippen LogP contribution is 2.37. The summed E-state index contributed by atoms with van der Waals surface area (Å²) >= 11 is 3.70. The number of ether oxygens (including phenoxy) is 1. The van der Waals surface area contributed by atoms with E-state index in [4.69, 9.17) is 14.8 Å². The van der Waals surface area contributed by atoms with Crippen LogP contribution in [0.15, 0.2) is 47.5 Å². The molecule has 9 heteroatoms. The molecule has 4 aromatic rings. The molecule has 1 aliphatic carbocycles. The molecule has 5 rings (SSSR count). The molecule has 0 aromatic carbocycles. The molecule has 2 atom stereocenters. The van der Waals surface area contributed by atoms with E-state index in [0.717, 1.165) is 46.3 Å². The average Bonchev–Trinajstić information content (AvgIpc) is 3.46. The average molecular weight is 468 g/mol. The Balaban J connectivity index is 1.68. The van der Waals surface area contributed by atoms with Crippen LogP contribution in [0.2, 0.25) is 0 Å². The highest BCUT2D eigenvalue weighted by Gasteiger charge is 2.27. The van der Waals surface area contributed by atoms with E-state index in [-0.39, 0.29) is 12.1 Å². The van der Waals surface area contributed by atoms with E-state index in [0.29, 0.717) is 11.6 Å². The number of aryl methyl sites for hydroxylation is 1. The SMILES string of the molecule is CO[C@@H]1CC[C@@H](Nc2nc(-c3nccn3C)nn3cc(Br)c(-c4ccccn4)c23)C1. The zero-order valence-electron chi connectivity index (χ0n) is 16.8. The number of hydrogen-bond acceptors (Lipinski definition) is 6. The van der Waals surface area contributed by atoms with Crippen LogP contribution in [0.4, 0.5) is 5.82 Å². The molecule has 8 nitrogen and oxygen atoms in total. The molecule has 0 amide bonds. The van der Waals surface area contributed by atoms with Crippen molar-refractivity contribution in [2.75, 3.05) is 12.4 Å². The maximum absolute atomic E-state index is 5.55. The van der Waals surface area contributed by atoms with Crippen LogP contribution in [0.25, 0.3) is 28.4 Å². The highest BCUT2D eigenvalue weighted by molar-refractivity contribution is 9.10. The maximum Gasteiger partial charge on any atom is 0.218 e. The number of imidazole rings is 1. The minimum absolute atomic E-state index is 0.281. The molecule has 0 radical (unpaired) electrons. The zero-order valence-corrected chi connectivity index (χ0v) is 18.4. The van der Waals surface area contributed by atoms with Crippen molar-refractivity contribution in [2.45, 2.75) is 31.4 Å². The van der Waals surface area contributed by atoms with E-state index >= 15 is 0 Å². The van der Waals surface area contributed by atoms with Gasteiger partial charge < -0.3 is 14.6 Å². The summed E-state index contributed by atoms with van der Waals surface area (Å²) in [4.78, 5) is 13.9. The van der Waals surface area contributed by atoms with Crippen molar-refractivity contribution >= 4 is 27.3 Å². The minimum atomic E-state index is 0.281. The molecule has 1 saturated carbocycles. The lowest BCUT2D eigenvalue weighted by Crippen LogP contribution is -2.19. The second-order valence-corrected chi connectivity index (χ2v) is 8.37. The van der Waals surface area contributed by atoms with Crippen LogP contribution in [-0.4, -0.2) is 48.4 Å². The molecule has 1 aliphatic rings. The molecule has 1 N–H and O–H groups in total. The fourth-order valence-corrected chi connectivity index (χ4v) is 4.65. The molecular formula is C21H22BrN7O. The molecule has 0 saturated heterocycles. The van der Waals surface area contributed by atoms with Crippen LogP contribution in [0.3, 0.4) is 0 Å². The number of methoxy groups -OCH3 is 1. The Hall–Kier alpha value is -2.78. The number of fused-ring (bicyclic) bond motifs is 1. The normalized spacial score (nSPS) is 18.9. The molecule has 0 aliphatic heterocycles. The number of anilines is 1. The summed E-state index contributed by atoms with van der Waals surface area (Å²) in [5, 5.41) is 8.41. The Labute approximate surface area is 182 Å². The van der Waals surface area contributed by atoms with Crippen LogP contribution in [0, 0.1) is 0 Å². The fraction of sp³-hybridized carbons (Fsp3) is 0.333. The number of aromatic nitrogens is 6. The smallest absolute Gasteiger partial charge is 0.218 e. The van der Waals surface area contributed by atoms with Gasteiger partial charge in [0.15, 0.2) is 11.6 Å². The quantitative estimate of drug-likeness (QED) is 0.478. The van der Waals surface area contributed by atoms with Gasteiger partial charge in [-0.3, -0.25) is 4.98 Å². The van der Waals surface area contributed by atoms with Gasteiger partial charge in [0, 0.05) is 55.0 Å². The van der Waals surface area contributed by atoms with E-state index in [1.54, 1.807) is 19.5 Å². The number of pyridine rings is 1. The third kappa shape index (κ3) is 3.37. The molecule has 154 valence electrons. The van der Waals surface area contributed by atoms with E-state index in [1.165, 1.54) is 0 Å². The monoisotopic (exact) mass is 467 g/mol. The molecule has 4 aromatic heterocycles. The molecule has 4 heterocycles. The van der Waals surface area contributed by atoms with Crippen molar-refractivity contribution in [3.05, 3.63) is 47.5 Å². The standard InChI is InChI=1S/C21H22BrN7O/c1-28-10-9-24-21(28)20-26-19(25-13-6-7-14(11-13)30-2)18-17(15(22)12-29(18)27-20)16-5-3-4-8-23-16/h3-5,8-10,12-14H,6-7,11H2,1-2H3,(H,25,26,27)/t13-,14-/m1/s1. The Kier molecular flexibility index (Phi) is 5.00. The first-order chi connectivity index (χ1) is 14.6. The van der Waals surface area contributed by atoms with Crippen molar-refractivity contribution in [1.29, 1.82) is 0 Å². The lowest BCUT2D eigenvalue weighted by Gasteiger charge is -2.16. The summed E-state index contributed by atoms with van der Waals surface area (Å²) in [6.45, 7) is 0. The van der Waals surface area contributed by atoms with E-state index in [1.807, 2.05) is 46.7 Å². The summed E-state index contributed by atoms with van der Waals surface area (Å²) in [6.07, 6.45) is 10.7. The van der Waals surface area contributed by atoms with Crippen molar-refractivity contribution in [3.63, 3.8) is 0 Å². The maximum atomic E-state index is 5.55. The lowest BCUT2D eigenvalue weighted by atomic mass is 10.1. The summed E-state index contributed by atoms with van der Waals surface area (Å²) in [5.41, 5.74) is 2.72. The first-order valence-corrected chi connectivity index (χ1v) is 10.7. The summed E-state index contributed by atoms with van der Waals surface area (Å²) in [6, 6.07) is 6.17. The fourth-order valence-electron chi connectivity index (χ4n) is 4.06. The van der Waals surface area contributed by atoms with Crippen LogP contribution in [-0.2, 0) is 11.8 Å². The van der Waals surface area contributed by atoms with Crippen LogP contribution in [0.5, 0.6) is 0 Å². The third-order valence-electron chi connectivity index (χ3n) is 5.59. The number of rotatable bonds is 5. The second-order valence-electron chi connectivity index (χ2n) is 7.52. The van der Waals surface area contributed by atoms with Gasteiger partial charge in [0.1, 0.15) is 5.52 Å². The Bertz CT molecular complexity index is 1190. The molecule has 1 fully saturated rings. The Morgan fingerprint density at radius 1 is 1.20 bits per heavy atom. The summed E-state index contributed by atoms with van der Waals surface area (Å²) in [7, 11) is 3.71. The first kappa shape index (κ1) is 19.2. The molecule has 0 spiro atoms. The molecular weight excluding hydrogens is 446 g/mol. The molecule has 0 bridgehead atoms. The Morgan fingerprint density at radius 2 is 2.10 bits per heavy atom. The van der Waals surface area contributed by atoms with E-state index in [9.17, 15) is 0 Å². The lowest BCUT2D eigenvalue weighted by molar-refractivity contribution is 0.108. The number of nitrogens with zero attached hydrogens (tertiary/aromatic N) is 6. The minimum Gasteiger partial charge on any atom is -0.381 e. The van der Waals surface area contributed by atoms with Crippen molar-refractivity contribution in [2.24, 2.45) is 7.05 Å². The van der Waals surface area contributed by atoms with Gasteiger partial charge in [-0.15, -0.1) is 5.10 Å². The van der Waals surface area contributed by atoms with Gasteiger partial charge in [-0.25, -0.2) is 14.5 Å². The van der Waals surface area contributed by atoms with Crippen LogP contribution >= 0.6 is 15.9 Å². The van der Waals surface area contributed by atoms with Gasteiger partial charge in [-0.2, -0.15) is 0 Å². The Morgan fingerprint density at radius 3 is 2.80 bits per heavy atom. The van der Waals surface area contributed by atoms with Gasteiger partial charge >= 0.3 is 0 Å². The van der Waals surface area contributed by atoms with Gasteiger partial charge in [0.2, 0.25) is 5.82 Å². The van der Waals surface area contributed by atoms with E-state index < -0.39 is 0 Å². The summed E-state index contributed by atoms with van der Waals surface area (Å²) < 4.78 is 10.2. The zero-order chi connectivity index (χ0) is 20.7. The molecule has 30 heavy (non-hydrogen) atoms. The van der Waals surface area contributed by atoms with Gasteiger partial charge in [0.25, 0.3) is 0 Å². The van der Waals surface area contributed by atoms with Crippen LogP contribution in [0.1, 0.15) is 19.3 Å². The second kappa shape index (κ2) is 7.81. The van der Waals surface area contributed by atoms with Crippen molar-refractivity contribution in [1.82, 2.24) is 29.1 Å².